The molecule has 2 saturated heterocycles. The molecule has 2 heterocycles. The van der Waals surface area contributed by atoms with Crippen LogP contribution in [0.4, 0.5) is 4.79 Å². The fourth-order valence-corrected chi connectivity index (χ4v) is 6.70. The number of methoxy groups -OCH3 is 1. The maximum Gasteiger partial charge on any atom is 0.408 e. The quantitative estimate of drug-likeness (QED) is 0.117. The summed E-state index contributed by atoms with van der Waals surface area (Å²) >= 11 is 0. The average Bonchev–Trinajstić information content (AvgIpc) is 3.21. The Balaban J connectivity index is 1.18. The van der Waals surface area contributed by atoms with Crippen LogP contribution in [0.3, 0.4) is 0 Å². The van der Waals surface area contributed by atoms with Gasteiger partial charge in [-0.05, 0) is 43.0 Å². The Morgan fingerprint density at radius 1 is 0.643 bits per heavy atom. The van der Waals surface area contributed by atoms with Crippen molar-refractivity contribution in [2.75, 3.05) is 20.3 Å². The zero-order valence-electron chi connectivity index (χ0n) is 32.7. The van der Waals surface area contributed by atoms with E-state index in [1.54, 1.807) is 7.11 Å². The lowest BCUT2D eigenvalue weighted by molar-refractivity contribution is -0.332. The highest BCUT2D eigenvalue weighted by Gasteiger charge is 2.49. The van der Waals surface area contributed by atoms with Crippen molar-refractivity contribution in [3.63, 3.8) is 0 Å². The van der Waals surface area contributed by atoms with Crippen LogP contribution >= 0.6 is 0 Å². The summed E-state index contributed by atoms with van der Waals surface area (Å²) in [5.74, 6) is 0. The Hall–Kier alpha value is -4.17. The van der Waals surface area contributed by atoms with Crippen LogP contribution in [0.2, 0.25) is 0 Å². The van der Waals surface area contributed by atoms with Gasteiger partial charge in [0, 0.05) is 13.5 Å². The zero-order chi connectivity index (χ0) is 39.2. The van der Waals surface area contributed by atoms with Crippen molar-refractivity contribution < 1.29 is 47.4 Å². The van der Waals surface area contributed by atoms with Gasteiger partial charge in [-0.25, -0.2) is 4.79 Å². The van der Waals surface area contributed by atoms with Crippen molar-refractivity contribution in [3.8, 4) is 0 Å². The summed E-state index contributed by atoms with van der Waals surface area (Å²) in [6.07, 6.45) is -4.55. The van der Waals surface area contributed by atoms with Crippen molar-refractivity contribution in [2.45, 2.75) is 108 Å². The molecule has 0 aliphatic carbocycles. The number of hydrogen-bond acceptors (Lipinski definition) is 10. The first-order chi connectivity index (χ1) is 27.2. The highest BCUT2D eigenvalue weighted by atomic mass is 16.7. The Bertz CT molecular complexity index is 1710. The molecule has 0 saturated carbocycles. The van der Waals surface area contributed by atoms with Crippen molar-refractivity contribution in [1.82, 2.24) is 5.32 Å². The summed E-state index contributed by atoms with van der Waals surface area (Å²) < 4.78 is 57.2. The van der Waals surface area contributed by atoms with Crippen LogP contribution in [0.15, 0.2) is 121 Å². The van der Waals surface area contributed by atoms with Gasteiger partial charge in [0.15, 0.2) is 12.6 Å². The lowest BCUT2D eigenvalue weighted by atomic mass is 9.98. The third-order valence-corrected chi connectivity index (χ3v) is 9.48. The van der Waals surface area contributed by atoms with Crippen molar-refractivity contribution in [1.29, 1.82) is 0 Å². The number of carbonyl (C=O) groups excluding carboxylic acids is 1. The third-order valence-electron chi connectivity index (χ3n) is 9.48. The van der Waals surface area contributed by atoms with Crippen LogP contribution in [0, 0.1) is 0 Å². The van der Waals surface area contributed by atoms with Gasteiger partial charge in [0.2, 0.25) is 0 Å². The largest absolute Gasteiger partial charge is 0.444 e. The summed E-state index contributed by atoms with van der Waals surface area (Å²) in [5.41, 5.74) is 3.37. The first-order valence-corrected chi connectivity index (χ1v) is 19.3. The number of hydrogen-bond donors (Lipinski definition) is 1. The van der Waals surface area contributed by atoms with E-state index in [-0.39, 0.29) is 13.2 Å². The Morgan fingerprint density at radius 3 is 1.62 bits per heavy atom. The first-order valence-electron chi connectivity index (χ1n) is 19.3. The Kier molecular flexibility index (Phi) is 15.4. The van der Waals surface area contributed by atoms with E-state index >= 15 is 0 Å². The van der Waals surface area contributed by atoms with Crippen LogP contribution in [-0.2, 0) is 69.1 Å². The molecule has 0 radical (unpaired) electrons. The van der Waals surface area contributed by atoms with Crippen LogP contribution < -0.4 is 5.32 Å². The standard InChI is InChI=1S/C45H55NO10/c1-45(2,3)56-44(47)46-36-30-50-39(25-37(36)49-26-32-17-9-5-10-18-32)51-31-38-40(48-4)41(52-27-33-19-11-6-12-20-33)42(53-28-34-21-13-7-14-22-34)43(55-38)54-29-35-23-15-8-16-24-35/h5-24,36-43H,25-31H2,1-4H3,(H,46,47)/t36-,37-,38-,39-,40-,41+,42-,43-/m1/s1. The van der Waals surface area contributed by atoms with Gasteiger partial charge in [-0.2, -0.15) is 0 Å². The van der Waals surface area contributed by atoms with Crippen LogP contribution in [-0.4, -0.2) is 81.2 Å². The second-order valence-corrected chi connectivity index (χ2v) is 15.0. The van der Waals surface area contributed by atoms with Gasteiger partial charge in [-0.1, -0.05) is 121 Å². The Morgan fingerprint density at radius 2 is 1.12 bits per heavy atom. The number of alkyl carbamates (subject to hydrolysis) is 1. The number of carbonyl (C=O) groups is 1. The van der Waals surface area contributed by atoms with Crippen molar-refractivity contribution in [2.24, 2.45) is 0 Å². The van der Waals surface area contributed by atoms with E-state index in [1.807, 2.05) is 142 Å². The Labute approximate surface area is 330 Å². The zero-order valence-corrected chi connectivity index (χ0v) is 32.7. The molecule has 1 N–H and O–H groups in total. The minimum absolute atomic E-state index is 0.0978. The predicted molar refractivity (Wildman–Crippen MR) is 209 cm³/mol. The molecule has 0 spiro atoms. The summed E-state index contributed by atoms with van der Waals surface area (Å²) in [7, 11) is 1.64. The third kappa shape index (κ3) is 12.7. The smallest absolute Gasteiger partial charge is 0.408 e. The molecule has 2 aliphatic heterocycles. The SMILES string of the molecule is CO[C@H]1[C@H](OCc2ccccc2)[C@@H](OCc2ccccc2)[C@H](OCc2ccccc2)O[C@@H]1CO[C@@H]1C[C@@H](OCc2ccccc2)[C@H](NC(=O)OC(C)(C)C)CO1. The lowest BCUT2D eigenvalue weighted by Gasteiger charge is -2.46. The molecule has 0 unspecified atom stereocenters. The molecule has 11 heteroatoms. The molecule has 2 fully saturated rings. The van der Waals surface area contributed by atoms with Gasteiger partial charge in [-0.15, -0.1) is 0 Å². The molecule has 2 aliphatic rings. The lowest BCUT2D eigenvalue weighted by Crippen LogP contribution is -2.62. The molecular weight excluding hydrogens is 714 g/mol. The van der Waals surface area contributed by atoms with E-state index in [0.717, 1.165) is 22.3 Å². The topological polar surface area (TPSA) is 112 Å². The summed E-state index contributed by atoms with van der Waals surface area (Å²) in [4.78, 5) is 12.8. The monoisotopic (exact) mass is 769 g/mol. The summed E-state index contributed by atoms with van der Waals surface area (Å²) in [6, 6.07) is 39.3. The average molecular weight is 770 g/mol. The van der Waals surface area contributed by atoms with E-state index in [2.05, 4.69) is 5.32 Å². The number of rotatable bonds is 17. The van der Waals surface area contributed by atoms with Crippen LogP contribution in [0.5, 0.6) is 0 Å². The number of amides is 1. The molecule has 8 atom stereocenters. The van der Waals surface area contributed by atoms with Gasteiger partial charge in [0.05, 0.1) is 51.8 Å². The number of nitrogens with one attached hydrogen (secondary N) is 1. The molecule has 4 aromatic rings. The van der Waals surface area contributed by atoms with E-state index in [4.69, 9.17) is 42.6 Å². The molecular formula is C45H55NO10. The molecule has 4 aromatic carbocycles. The van der Waals surface area contributed by atoms with Gasteiger partial charge >= 0.3 is 6.09 Å². The molecule has 0 bridgehead atoms. The van der Waals surface area contributed by atoms with Crippen LogP contribution in [0.1, 0.15) is 49.4 Å². The first kappa shape index (κ1) is 41.5. The fourth-order valence-electron chi connectivity index (χ4n) is 6.70. The second-order valence-electron chi connectivity index (χ2n) is 15.0. The van der Waals surface area contributed by atoms with E-state index in [0.29, 0.717) is 32.8 Å². The predicted octanol–water partition coefficient (Wildman–Crippen LogP) is 7.36. The minimum atomic E-state index is -0.823. The van der Waals surface area contributed by atoms with Gasteiger partial charge in [-0.3, -0.25) is 0 Å². The number of ether oxygens (including phenoxy) is 9. The van der Waals surface area contributed by atoms with Gasteiger partial charge in [0.25, 0.3) is 0 Å². The second kappa shape index (κ2) is 20.8. The summed E-state index contributed by atoms with van der Waals surface area (Å²) in [5, 5.41) is 2.94. The fraction of sp³-hybridized carbons (Fsp3) is 0.444. The molecule has 300 valence electrons. The van der Waals surface area contributed by atoms with E-state index in [1.165, 1.54) is 0 Å². The highest BCUT2D eigenvalue weighted by Crippen LogP contribution is 2.32. The highest BCUT2D eigenvalue weighted by molar-refractivity contribution is 5.68. The van der Waals surface area contributed by atoms with Crippen molar-refractivity contribution >= 4 is 6.09 Å². The van der Waals surface area contributed by atoms with E-state index in [9.17, 15) is 4.79 Å². The molecule has 1 amide bonds. The van der Waals surface area contributed by atoms with Gasteiger partial charge < -0.3 is 47.9 Å². The van der Waals surface area contributed by atoms with E-state index < -0.39 is 60.8 Å². The molecule has 56 heavy (non-hydrogen) atoms. The maximum atomic E-state index is 12.8. The van der Waals surface area contributed by atoms with Crippen LogP contribution in [0.25, 0.3) is 0 Å². The normalized spacial score (nSPS) is 25.4. The minimum Gasteiger partial charge on any atom is -0.444 e. The number of benzene rings is 4. The maximum absolute atomic E-state index is 12.8. The summed E-state index contributed by atoms with van der Waals surface area (Å²) in [6.45, 7) is 7.02. The molecule has 6 rings (SSSR count). The molecule has 11 nitrogen and oxygen atoms in total. The molecule has 0 aromatic heterocycles. The van der Waals surface area contributed by atoms with Gasteiger partial charge in [0.1, 0.15) is 30.0 Å². The van der Waals surface area contributed by atoms with Crippen molar-refractivity contribution in [3.05, 3.63) is 144 Å².